The third-order valence-corrected chi connectivity index (χ3v) is 6.10. The molecule has 2 aromatic carbocycles. The van der Waals surface area contributed by atoms with E-state index in [4.69, 9.17) is 17.0 Å². The molecule has 1 aliphatic rings. The van der Waals surface area contributed by atoms with Gasteiger partial charge < -0.3 is 15.0 Å². The van der Waals surface area contributed by atoms with Gasteiger partial charge in [0.25, 0.3) is 11.8 Å². The highest BCUT2D eigenvalue weighted by Gasteiger charge is 2.18. The zero-order valence-electron chi connectivity index (χ0n) is 19.0. The van der Waals surface area contributed by atoms with Crippen molar-refractivity contribution in [3.05, 3.63) is 58.1 Å². The van der Waals surface area contributed by atoms with Crippen LogP contribution in [0, 0.1) is 5.92 Å². The van der Waals surface area contributed by atoms with Gasteiger partial charge in [0.05, 0.1) is 12.2 Å². The van der Waals surface area contributed by atoms with E-state index in [1.54, 1.807) is 36.4 Å². The first-order valence-electron chi connectivity index (χ1n) is 11.3. The van der Waals surface area contributed by atoms with E-state index in [1.165, 1.54) is 6.42 Å². The van der Waals surface area contributed by atoms with Crippen LogP contribution in [0.25, 0.3) is 0 Å². The third kappa shape index (κ3) is 7.54. The molecule has 1 aliphatic heterocycles. The normalized spacial score (nSPS) is 13.5. The summed E-state index contributed by atoms with van der Waals surface area (Å²) in [6, 6.07) is 12.4. The zero-order chi connectivity index (χ0) is 23.8. The van der Waals surface area contributed by atoms with Gasteiger partial charge >= 0.3 is 0 Å². The molecule has 176 valence electrons. The van der Waals surface area contributed by atoms with Crippen LogP contribution >= 0.6 is 28.1 Å². The van der Waals surface area contributed by atoms with E-state index in [1.807, 2.05) is 11.0 Å². The van der Waals surface area contributed by atoms with Crippen LogP contribution in [0.3, 0.4) is 0 Å². The number of carbonyl (C=O) groups is 2. The first kappa shape index (κ1) is 25.2. The molecular weight excluding hydrogens is 502 g/mol. The summed E-state index contributed by atoms with van der Waals surface area (Å²) in [6.07, 6.45) is 4.19. The Balaban J connectivity index is 1.58. The summed E-state index contributed by atoms with van der Waals surface area (Å²) in [4.78, 5) is 27.4. The number of likely N-dealkylation sites (tertiary alicyclic amines) is 1. The van der Waals surface area contributed by atoms with Gasteiger partial charge in [-0.15, -0.1) is 0 Å². The Kier molecular flexibility index (Phi) is 9.26. The second kappa shape index (κ2) is 12.1. The molecule has 0 aromatic heterocycles. The maximum Gasteiger partial charge on any atom is 0.261 e. The van der Waals surface area contributed by atoms with Crippen molar-refractivity contribution in [2.45, 2.75) is 39.5 Å². The number of nitrogens with one attached hydrogen (secondary N) is 2. The number of hydrogen-bond donors (Lipinski definition) is 2. The minimum absolute atomic E-state index is 0.0526. The summed E-state index contributed by atoms with van der Waals surface area (Å²) in [5.41, 5.74) is 1.74. The van der Waals surface area contributed by atoms with Gasteiger partial charge in [0.15, 0.2) is 5.11 Å². The lowest BCUT2D eigenvalue weighted by Crippen LogP contribution is -2.35. The van der Waals surface area contributed by atoms with Crippen LogP contribution in [-0.2, 0) is 0 Å². The van der Waals surface area contributed by atoms with Gasteiger partial charge in [-0.3, -0.25) is 14.9 Å². The molecule has 0 aliphatic carbocycles. The highest BCUT2D eigenvalue weighted by Crippen LogP contribution is 2.24. The van der Waals surface area contributed by atoms with Gasteiger partial charge in [0.2, 0.25) is 0 Å². The van der Waals surface area contributed by atoms with Crippen LogP contribution in [0.4, 0.5) is 5.69 Å². The van der Waals surface area contributed by atoms with Gasteiger partial charge in [-0.2, -0.15) is 0 Å². The highest BCUT2D eigenvalue weighted by atomic mass is 79.9. The molecular formula is C25H30BrN3O3S. The highest BCUT2D eigenvalue weighted by molar-refractivity contribution is 9.10. The Morgan fingerprint density at radius 3 is 2.45 bits per heavy atom. The zero-order valence-corrected chi connectivity index (χ0v) is 21.4. The van der Waals surface area contributed by atoms with E-state index in [0.717, 1.165) is 36.8 Å². The van der Waals surface area contributed by atoms with Crippen molar-refractivity contribution in [3.63, 3.8) is 0 Å². The van der Waals surface area contributed by atoms with Crippen LogP contribution in [0.15, 0.2) is 46.9 Å². The van der Waals surface area contributed by atoms with Gasteiger partial charge in [0, 0.05) is 28.8 Å². The number of anilines is 1. The SMILES string of the molecule is CC(C)CCOc1ccc(Br)cc1C(=O)NC(=S)Nc1ccc(C(=O)N2CCCCC2)cc1. The van der Waals surface area contributed by atoms with Gasteiger partial charge in [-0.1, -0.05) is 29.8 Å². The minimum Gasteiger partial charge on any atom is -0.493 e. The smallest absolute Gasteiger partial charge is 0.261 e. The molecule has 2 N–H and O–H groups in total. The number of thiocarbonyl (C=S) groups is 1. The van der Waals surface area contributed by atoms with Crippen molar-refractivity contribution < 1.29 is 14.3 Å². The lowest BCUT2D eigenvalue weighted by atomic mass is 10.1. The van der Waals surface area contributed by atoms with Crippen LogP contribution in [0.1, 0.15) is 60.2 Å². The Morgan fingerprint density at radius 1 is 1.09 bits per heavy atom. The fraction of sp³-hybridized carbons (Fsp3) is 0.400. The monoisotopic (exact) mass is 531 g/mol. The predicted octanol–water partition coefficient (Wildman–Crippen LogP) is 5.63. The molecule has 1 saturated heterocycles. The molecule has 6 nitrogen and oxygen atoms in total. The average molecular weight is 533 g/mol. The summed E-state index contributed by atoms with van der Waals surface area (Å²) in [5, 5.41) is 5.88. The summed E-state index contributed by atoms with van der Waals surface area (Å²) < 4.78 is 6.60. The Hall–Kier alpha value is -2.45. The number of benzene rings is 2. The van der Waals surface area contributed by atoms with Crippen LogP contribution in [0.5, 0.6) is 5.75 Å². The lowest BCUT2D eigenvalue weighted by molar-refractivity contribution is 0.0724. The number of rotatable bonds is 7. The number of hydrogen-bond acceptors (Lipinski definition) is 4. The average Bonchev–Trinajstić information content (AvgIpc) is 2.80. The molecule has 0 saturated carbocycles. The number of ether oxygens (including phenoxy) is 1. The van der Waals surface area contributed by atoms with Gasteiger partial charge in [0.1, 0.15) is 5.75 Å². The standard InChI is InChI=1S/C25H30BrN3O3S/c1-17(2)12-15-32-22-11-8-19(26)16-21(22)23(30)28-25(33)27-20-9-6-18(7-10-20)24(31)29-13-4-3-5-14-29/h6-11,16-17H,3-5,12-15H2,1-2H3,(H2,27,28,30,33). The molecule has 2 amide bonds. The molecule has 0 bridgehead atoms. The summed E-state index contributed by atoms with van der Waals surface area (Å²) >= 11 is 8.73. The van der Waals surface area contributed by atoms with E-state index in [-0.39, 0.29) is 16.9 Å². The Bertz CT molecular complexity index is 989. The maximum absolute atomic E-state index is 12.8. The second-order valence-electron chi connectivity index (χ2n) is 8.51. The maximum atomic E-state index is 12.8. The second-order valence-corrected chi connectivity index (χ2v) is 9.83. The number of carbonyl (C=O) groups excluding carboxylic acids is 2. The predicted molar refractivity (Wildman–Crippen MR) is 139 cm³/mol. The lowest BCUT2D eigenvalue weighted by Gasteiger charge is -2.26. The van der Waals surface area contributed by atoms with E-state index in [9.17, 15) is 9.59 Å². The molecule has 33 heavy (non-hydrogen) atoms. The van der Waals surface area contributed by atoms with Gasteiger partial charge in [-0.05, 0) is 86.3 Å². The Morgan fingerprint density at radius 2 is 1.79 bits per heavy atom. The molecule has 3 rings (SSSR count). The molecule has 0 spiro atoms. The van der Waals surface area contributed by atoms with E-state index < -0.39 is 0 Å². The van der Waals surface area contributed by atoms with Crippen molar-refractivity contribution >= 4 is 50.8 Å². The minimum atomic E-state index is -0.356. The molecule has 8 heteroatoms. The van der Waals surface area contributed by atoms with Crippen LogP contribution < -0.4 is 15.4 Å². The molecule has 1 fully saturated rings. The van der Waals surface area contributed by atoms with Crippen LogP contribution in [0.2, 0.25) is 0 Å². The van der Waals surface area contributed by atoms with E-state index >= 15 is 0 Å². The van der Waals surface area contributed by atoms with Crippen molar-refractivity contribution in [3.8, 4) is 5.75 Å². The largest absolute Gasteiger partial charge is 0.493 e. The fourth-order valence-corrected chi connectivity index (χ4v) is 4.09. The van der Waals surface area contributed by atoms with E-state index in [2.05, 4.69) is 40.4 Å². The van der Waals surface area contributed by atoms with Crippen LogP contribution in [-0.4, -0.2) is 41.5 Å². The number of amides is 2. The van der Waals surface area contributed by atoms with Gasteiger partial charge in [-0.25, -0.2) is 0 Å². The first-order valence-corrected chi connectivity index (χ1v) is 12.5. The number of halogens is 1. The number of nitrogens with zero attached hydrogens (tertiary/aromatic N) is 1. The van der Waals surface area contributed by atoms with E-state index in [0.29, 0.717) is 35.1 Å². The third-order valence-electron chi connectivity index (χ3n) is 5.40. The topological polar surface area (TPSA) is 70.7 Å². The van der Waals surface area contributed by atoms with Crippen molar-refractivity contribution in [1.82, 2.24) is 10.2 Å². The molecule has 2 aromatic rings. The van der Waals surface area contributed by atoms with Crippen molar-refractivity contribution in [2.75, 3.05) is 25.0 Å². The Labute approximate surface area is 209 Å². The molecule has 0 radical (unpaired) electrons. The quantitative estimate of drug-likeness (QED) is 0.453. The molecule has 0 unspecified atom stereocenters. The number of piperidine rings is 1. The fourth-order valence-electron chi connectivity index (χ4n) is 3.52. The summed E-state index contributed by atoms with van der Waals surface area (Å²) in [5.74, 6) is 0.720. The van der Waals surface area contributed by atoms with Crippen molar-refractivity contribution in [2.24, 2.45) is 5.92 Å². The van der Waals surface area contributed by atoms with Crippen molar-refractivity contribution in [1.29, 1.82) is 0 Å². The first-order chi connectivity index (χ1) is 15.8. The summed E-state index contributed by atoms with van der Waals surface area (Å²) in [7, 11) is 0. The molecule has 1 heterocycles. The summed E-state index contributed by atoms with van der Waals surface area (Å²) in [6.45, 7) is 6.41. The molecule has 0 atom stereocenters.